The van der Waals surface area contributed by atoms with Crippen molar-refractivity contribution in [3.05, 3.63) is 29.3 Å². The third-order valence-electron chi connectivity index (χ3n) is 3.45. The van der Waals surface area contributed by atoms with E-state index in [9.17, 15) is 4.79 Å². The summed E-state index contributed by atoms with van der Waals surface area (Å²) in [6, 6.07) is 7.78. The van der Waals surface area contributed by atoms with Crippen molar-refractivity contribution in [2.75, 3.05) is 25.4 Å². The summed E-state index contributed by atoms with van der Waals surface area (Å²) in [4.78, 5) is 12.9. The summed E-state index contributed by atoms with van der Waals surface area (Å²) in [6.07, 6.45) is 2.86. The molecule has 2 rings (SSSR count). The molecule has 0 aromatic heterocycles. The minimum Gasteiger partial charge on any atom is -0.355 e. The van der Waals surface area contributed by atoms with Gasteiger partial charge in [0.25, 0.3) is 0 Å². The molecule has 3 nitrogen and oxygen atoms in total. The second-order valence-electron chi connectivity index (χ2n) is 5.05. The van der Waals surface area contributed by atoms with Gasteiger partial charge in [-0.1, -0.05) is 11.6 Å². The number of nitrogens with one attached hydrogen (secondary N) is 2. The Labute approximate surface area is 142 Å². The highest BCUT2D eigenvalue weighted by Gasteiger charge is 2.15. The molecule has 1 fully saturated rings. The lowest BCUT2D eigenvalue weighted by Gasteiger charge is -2.08. The maximum atomic E-state index is 11.7. The lowest BCUT2D eigenvalue weighted by atomic mass is 10.0. The zero-order valence-electron chi connectivity index (χ0n) is 11.9. The van der Waals surface area contributed by atoms with Gasteiger partial charge in [0.1, 0.15) is 0 Å². The predicted octanol–water partition coefficient (Wildman–Crippen LogP) is 3.36. The molecule has 1 aliphatic rings. The van der Waals surface area contributed by atoms with Gasteiger partial charge < -0.3 is 10.6 Å². The highest BCUT2D eigenvalue weighted by Crippen LogP contribution is 2.19. The monoisotopic (exact) mass is 348 g/mol. The smallest absolute Gasteiger partial charge is 0.220 e. The first kappa shape index (κ1) is 18.6. The Kier molecular flexibility index (Phi) is 9.16. The standard InChI is InChI=1S/C15H21ClN2OS.ClH/c16-13-2-4-14(5-3-13)20-10-9-18-15(19)6-1-12-7-8-17-11-12;/h2-5,12,17H,1,6-11H2,(H,18,19);1H. The average Bonchev–Trinajstić information content (AvgIpc) is 2.96. The van der Waals surface area contributed by atoms with Gasteiger partial charge >= 0.3 is 0 Å². The Hall–Kier alpha value is -0.420. The number of hydrogen-bond acceptors (Lipinski definition) is 3. The van der Waals surface area contributed by atoms with Gasteiger partial charge in [0.05, 0.1) is 0 Å². The molecule has 1 aromatic rings. The Morgan fingerprint density at radius 3 is 2.81 bits per heavy atom. The number of hydrogen-bond donors (Lipinski definition) is 2. The van der Waals surface area contributed by atoms with Crippen LogP contribution in [0.5, 0.6) is 0 Å². The molecule has 0 aliphatic carbocycles. The molecule has 0 radical (unpaired) electrons. The molecule has 1 amide bonds. The molecule has 1 saturated heterocycles. The van der Waals surface area contributed by atoms with Crippen molar-refractivity contribution in [3.63, 3.8) is 0 Å². The quantitative estimate of drug-likeness (QED) is 0.586. The van der Waals surface area contributed by atoms with Crippen molar-refractivity contribution in [1.29, 1.82) is 0 Å². The molecule has 1 aliphatic heterocycles. The first-order valence-corrected chi connectivity index (χ1v) is 8.46. The molecule has 6 heteroatoms. The molecule has 2 N–H and O–H groups in total. The van der Waals surface area contributed by atoms with Crippen LogP contribution in [0.25, 0.3) is 0 Å². The minimum atomic E-state index is 0. The van der Waals surface area contributed by atoms with Crippen LogP contribution in [0.15, 0.2) is 29.2 Å². The van der Waals surface area contributed by atoms with Crippen LogP contribution in [-0.2, 0) is 4.79 Å². The Bertz CT molecular complexity index is 422. The summed E-state index contributed by atoms with van der Waals surface area (Å²) in [5.74, 6) is 1.75. The highest BCUT2D eigenvalue weighted by atomic mass is 35.5. The fourth-order valence-corrected chi connectivity index (χ4v) is 3.17. The molecule has 0 bridgehead atoms. The normalized spacial score (nSPS) is 17.3. The maximum absolute atomic E-state index is 11.7. The molecule has 0 saturated carbocycles. The fourth-order valence-electron chi connectivity index (χ4n) is 2.27. The third kappa shape index (κ3) is 7.41. The van der Waals surface area contributed by atoms with Crippen molar-refractivity contribution in [3.8, 4) is 0 Å². The number of benzene rings is 1. The van der Waals surface area contributed by atoms with Crippen molar-refractivity contribution in [2.45, 2.75) is 24.2 Å². The van der Waals surface area contributed by atoms with Crippen LogP contribution in [0.2, 0.25) is 5.02 Å². The fraction of sp³-hybridized carbons (Fsp3) is 0.533. The van der Waals surface area contributed by atoms with Crippen molar-refractivity contribution < 1.29 is 4.79 Å². The van der Waals surface area contributed by atoms with Gasteiger partial charge in [-0.2, -0.15) is 0 Å². The minimum absolute atomic E-state index is 0. The van der Waals surface area contributed by atoms with Crippen LogP contribution in [-0.4, -0.2) is 31.3 Å². The molecule has 1 atom stereocenters. The summed E-state index contributed by atoms with van der Waals surface area (Å²) in [6.45, 7) is 2.89. The molecule has 0 spiro atoms. The average molecular weight is 349 g/mol. The Balaban J connectivity index is 0.00000220. The summed E-state index contributed by atoms with van der Waals surface area (Å²) in [5, 5.41) is 7.06. The number of halogens is 2. The highest BCUT2D eigenvalue weighted by molar-refractivity contribution is 7.99. The van der Waals surface area contributed by atoms with Crippen LogP contribution in [0.4, 0.5) is 0 Å². The van der Waals surface area contributed by atoms with Gasteiger partial charge in [-0.25, -0.2) is 0 Å². The van der Waals surface area contributed by atoms with Gasteiger partial charge in [0, 0.05) is 28.6 Å². The van der Waals surface area contributed by atoms with Crippen LogP contribution >= 0.6 is 35.8 Å². The van der Waals surface area contributed by atoms with Crippen LogP contribution in [0, 0.1) is 5.92 Å². The first-order valence-electron chi connectivity index (χ1n) is 7.10. The van der Waals surface area contributed by atoms with Crippen molar-refractivity contribution in [1.82, 2.24) is 10.6 Å². The Morgan fingerprint density at radius 2 is 2.14 bits per heavy atom. The number of carbonyl (C=O) groups is 1. The van der Waals surface area contributed by atoms with Gasteiger partial charge in [-0.3, -0.25) is 4.79 Å². The molecule has 118 valence electrons. The summed E-state index contributed by atoms with van der Waals surface area (Å²) < 4.78 is 0. The molecule has 1 aromatic carbocycles. The van der Waals surface area contributed by atoms with E-state index in [-0.39, 0.29) is 18.3 Å². The van der Waals surface area contributed by atoms with Crippen LogP contribution in [0.3, 0.4) is 0 Å². The number of rotatable bonds is 7. The second-order valence-corrected chi connectivity index (χ2v) is 6.65. The van der Waals surface area contributed by atoms with Crippen molar-refractivity contribution >= 4 is 41.7 Å². The number of amides is 1. The topological polar surface area (TPSA) is 41.1 Å². The molecule has 21 heavy (non-hydrogen) atoms. The van der Waals surface area contributed by atoms with Crippen LogP contribution in [0.1, 0.15) is 19.3 Å². The maximum Gasteiger partial charge on any atom is 0.220 e. The van der Waals surface area contributed by atoms with E-state index in [1.807, 2.05) is 24.3 Å². The summed E-state index contributed by atoms with van der Waals surface area (Å²) in [5.41, 5.74) is 0. The number of thioether (sulfide) groups is 1. The molecule has 1 unspecified atom stereocenters. The first-order chi connectivity index (χ1) is 9.74. The molecular formula is C15H22Cl2N2OS. The van der Waals surface area contributed by atoms with E-state index >= 15 is 0 Å². The van der Waals surface area contributed by atoms with Crippen LogP contribution < -0.4 is 10.6 Å². The van der Waals surface area contributed by atoms with Gasteiger partial charge in [0.15, 0.2) is 0 Å². The van der Waals surface area contributed by atoms with Gasteiger partial charge in [-0.15, -0.1) is 24.2 Å². The van der Waals surface area contributed by atoms with E-state index in [1.54, 1.807) is 11.8 Å². The number of carbonyl (C=O) groups excluding carboxylic acids is 1. The van der Waals surface area contributed by atoms with E-state index in [0.717, 1.165) is 36.8 Å². The molecule has 1 heterocycles. The van der Waals surface area contributed by atoms with Crippen molar-refractivity contribution in [2.24, 2.45) is 5.92 Å². The third-order valence-corrected chi connectivity index (χ3v) is 4.71. The second kappa shape index (κ2) is 10.3. The molecular weight excluding hydrogens is 327 g/mol. The zero-order valence-corrected chi connectivity index (χ0v) is 14.3. The largest absolute Gasteiger partial charge is 0.355 e. The SMILES string of the molecule is Cl.O=C(CCC1CCNC1)NCCSc1ccc(Cl)cc1. The van der Waals surface area contributed by atoms with Gasteiger partial charge in [-0.05, 0) is 56.1 Å². The van der Waals surface area contributed by atoms with E-state index in [4.69, 9.17) is 11.6 Å². The Morgan fingerprint density at radius 1 is 1.38 bits per heavy atom. The lowest BCUT2D eigenvalue weighted by Crippen LogP contribution is -2.26. The van der Waals surface area contributed by atoms with E-state index in [2.05, 4.69) is 10.6 Å². The van der Waals surface area contributed by atoms with E-state index in [1.165, 1.54) is 11.3 Å². The van der Waals surface area contributed by atoms with E-state index < -0.39 is 0 Å². The van der Waals surface area contributed by atoms with Gasteiger partial charge in [0.2, 0.25) is 5.91 Å². The summed E-state index contributed by atoms with van der Waals surface area (Å²) in [7, 11) is 0. The van der Waals surface area contributed by atoms with E-state index in [0.29, 0.717) is 12.3 Å². The zero-order chi connectivity index (χ0) is 14.2. The summed E-state index contributed by atoms with van der Waals surface area (Å²) >= 11 is 7.56. The lowest BCUT2D eigenvalue weighted by molar-refractivity contribution is -0.121. The predicted molar refractivity (Wildman–Crippen MR) is 92.6 cm³/mol.